The van der Waals surface area contributed by atoms with Crippen LogP contribution >= 0.6 is 23.2 Å². The molecule has 0 amide bonds. The minimum absolute atomic E-state index is 0.00997. The number of nitrogens with one attached hydrogen (secondary N) is 1. The van der Waals surface area contributed by atoms with Gasteiger partial charge in [0.05, 0.1) is 20.8 Å². The molecule has 1 unspecified atom stereocenters. The Morgan fingerprint density at radius 1 is 1.05 bits per heavy atom. The minimum atomic E-state index is -4.28. The Labute approximate surface area is 262 Å². The summed E-state index contributed by atoms with van der Waals surface area (Å²) in [5.74, 6) is -0.705. The van der Waals surface area contributed by atoms with Crippen LogP contribution in [-0.4, -0.2) is 48.4 Å². The van der Waals surface area contributed by atoms with Crippen LogP contribution < -0.4 is 28.4 Å². The standard InChI is InChI=1S/C28H28Cl2F2N2O9S/c1-39-18-6-8-23(40-2)26(10-18)44(37,38)33-12-27(35)42-24(11-19-20(29)13-34(36)14-21(19)30)17-5-7-22(43-28(31)32)25(9-17)41-15-16-3-4-16/h5-10,13-14,16,24,28,33H,3-4,11-12,15H2,1-2H3. The fourth-order valence-electron chi connectivity index (χ4n) is 4.09. The van der Waals surface area contributed by atoms with Crippen LogP contribution in [-0.2, 0) is 26.0 Å². The highest BCUT2D eigenvalue weighted by molar-refractivity contribution is 7.89. The lowest BCUT2D eigenvalue weighted by Gasteiger charge is -2.21. The zero-order valence-corrected chi connectivity index (χ0v) is 25.8. The molecular weight excluding hydrogens is 649 g/mol. The Bertz CT molecular complexity index is 1580. The van der Waals surface area contributed by atoms with Gasteiger partial charge in [0.1, 0.15) is 39.1 Å². The Hall–Kier alpha value is -3.59. The van der Waals surface area contributed by atoms with Gasteiger partial charge in [-0.2, -0.15) is 18.2 Å². The first kappa shape index (κ1) is 33.3. The average Bonchev–Trinajstić information content (AvgIpc) is 3.81. The molecule has 44 heavy (non-hydrogen) atoms. The van der Waals surface area contributed by atoms with E-state index in [4.69, 9.17) is 42.1 Å². The van der Waals surface area contributed by atoms with Gasteiger partial charge in [0.15, 0.2) is 23.9 Å². The second kappa shape index (κ2) is 14.5. The van der Waals surface area contributed by atoms with Crippen LogP contribution in [0.5, 0.6) is 23.0 Å². The molecular formula is C28H28Cl2F2N2O9S. The number of esters is 1. The summed E-state index contributed by atoms with van der Waals surface area (Å²) in [6.07, 6.45) is 2.64. The second-order valence-corrected chi connectivity index (χ2v) is 12.2. The van der Waals surface area contributed by atoms with Crippen molar-refractivity contribution < 1.29 is 50.4 Å². The monoisotopic (exact) mass is 676 g/mol. The summed E-state index contributed by atoms with van der Waals surface area (Å²) in [6, 6.07) is 8.12. The van der Waals surface area contributed by atoms with Crippen molar-refractivity contribution >= 4 is 39.2 Å². The lowest BCUT2D eigenvalue weighted by Crippen LogP contribution is -2.32. The average molecular weight is 678 g/mol. The number of sulfonamides is 1. The van der Waals surface area contributed by atoms with E-state index in [9.17, 15) is 27.2 Å². The van der Waals surface area contributed by atoms with Crippen molar-refractivity contribution in [3.8, 4) is 23.0 Å². The number of halogens is 4. The van der Waals surface area contributed by atoms with Crippen LogP contribution in [0.2, 0.25) is 10.0 Å². The van der Waals surface area contributed by atoms with Gasteiger partial charge in [0.2, 0.25) is 10.0 Å². The summed E-state index contributed by atoms with van der Waals surface area (Å²) in [6.45, 7) is -3.65. The van der Waals surface area contributed by atoms with Crippen molar-refractivity contribution in [2.45, 2.75) is 36.9 Å². The molecule has 0 radical (unpaired) electrons. The van der Waals surface area contributed by atoms with E-state index in [1.165, 1.54) is 50.6 Å². The number of alkyl halides is 2. The van der Waals surface area contributed by atoms with Crippen molar-refractivity contribution in [2.24, 2.45) is 5.92 Å². The minimum Gasteiger partial charge on any atom is -0.619 e. The molecule has 0 saturated heterocycles. The van der Waals surface area contributed by atoms with Crippen molar-refractivity contribution in [1.29, 1.82) is 0 Å². The third-order valence-electron chi connectivity index (χ3n) is 6.51. The Morgan fingerprint density at radius 2 is 1.73 bits per heavy atom. The number of carbonyl (C=O) groups excluding carboxylic acids is 1. The Morgan fingerprint density at radius 3 is 2.34 bits per heavy atom. The molecule has 11 nitrogen and oxygen atoms in total. The van der Waals surface area contributed by atoms with Gasteiger partial charge in [-0.1, -0.05) is 29.3 Å². The summed E-state index contributed by atoms with van der Waals surface area (Å²) in [7, 11) is -1.64. The number of pyridine rings is 1. The first-order valence-corrected chi connectivity index (χ1v) is 15.3. The third-order valence-corrected chi connectivity index (χ3v) is 8.59. The maximum Gasteiger partial charge on any atom is 0.387 e. The zero-order valence-electron chi connectivity index (χ0n) is 23.4. The van der Waals surface area contributed by atoms with Crippen molar-refractivity contribution in [2.75, 3.05) is 27.4 Å². The quantitative estimate of drug-likeness (QED) is 0.136. The summed E-state index contributed by atoms with van der Waals surface area (Å²) >= 11 is 12.5. The molecule has 0 aliphatic heterocycles. The van der Waals surface area contributed by atoms with Crippen LogP contribution in [0, 0.1) is 11.1 Å². The number of carbonyl (C=O) groups is 1. The largest absolute Gasteiger partial charge is 0.619 e. The first-order chi connectivity index (χ1) is 20.9. The van der Waals surface area contributed by atoms with Crippen molar-refractivity contribution in [1.82, 2.24) is 4.72 Å². The summed E-state index contributed by atoms with van der Waals surface area (Å²) in [5.41, 5.74) is 0.516. The molecule has 2 aromatic carbocycles. The van der Waals surface area contributed by atoms with Gasteiger partial charge in [-0.25, -0.2) is 8.42 Å². The fourth-order valence-corrected chi connectivity index (χ4v) is 5.84. The van der Waals surface area contributed by atoms with Crippen LogP contribution in [0.25, 0.3) is 0 Å². The number of nitrogens with zero attached hydrogens (tertiary/aromatic N) is 1. The van der Waals surface area contributed by atoms with E-state index in [1.54, 1.807) is 0 Å². The molecule has 1 atom stereocenters. The lowest BCUT2D eigenvalue weighted by molar-refractivity contribution is -0.605. The normalized spacial score (nSPS) is 13.8. The molecule has 0 spiro atoms. The maximum atomic E-state index is 13.1. The molecule has 238 valence electrons. The zero-order chi connectivity index (χ0) is 32.0. The predicted octanol–water partition coefficient (Wildman–Crippen LogP) is 4.84. The second-order valence-electron chi connectivity index (χ2n) is 9.66. The van der Waals surface area contributed by atoms with E-state index in [1.807, 2.05) is 0 Å². The molecule has 16 heteroatoms. The molecule has 1 saturated carbocycles. The van der Waals surface area contributed by atoms with Crippen LogP contribution in [0.15, 0.2) is 53.7 Å². The van der Waals surface area contributed by atoms with E-state index >= 15 is 0 Å². The molecule has 3 aromatic rings. The molecule has 1 N–H and O–H groups in total. The van der Waals surface area contributed by atoms with Gasteiger partial charge in [-0.15, -0.1) is 0 Å². The highest BCUT2D eigenvalue weighted by atomic mass is 35.5. The molecule has 1 fully saturated rings. The summed E-state index contributed by atoms with van der Waals surface area (Å²) in [5, 5.41) is 11.7. The van der Waals surface area contributed by atoms with Gasteiger partial charge in [-0.05, 0) is 48.6 Å². The highest BCUT2D eigenvalue weighted by Gasteiger charge is 2.28. The topological polar surface area (TPSA) is 136 Å². The molecule has 1 aliphatic rings. The first-order valence-electron chi connectivity index (χ1n) is 13.1. The van der Waals surface area contributed by atoms with Crippen LogP contribution in [0.1, 0.15) is 30.1 Å². The predicted molar refractivity (Wildman–Crippen MR) is 154 cm³/mol. The maximum absolute atomic E-state index is 13.1. The van der Waals surface area contributed by atoms with Crippen molar-refractivity contribution in [3.05, 3.63) is 75.2 Å². The number of methoxy groups -OCH3 is 2. The van der Waals surface area contributed by atoms with Gasteiger partial charge < -0.3 is 28.9 Å². The van der Waals surface area contributed by atoms with E-state index in [2.05, 4.69) is 9.46 Å². The molecule has 4 rings (SSSR count). The van der Waals surface area contributed by atoms with Gasteiger partial charge in [-0.3, -0.25) is 4.79 Å². The summed E-state index contributed by atoms with van der Waals surface area (Å²) < 4.78 is 81.0. The van der Waals surface area contributed by atoms with E-state index in [-0.39, 0.29) is 68.0 Å². The SMILES string of the molecule is COc1ccc(OC)c(S(=O)(=O)NCC(=O)OC(Cc2c(Cl)c[n+]([O-])cc2Cl)c2ccc(OC(F)F)c(OCC3CC3)c2)c1. The Balaban J connectivity index is 1.61. The van der Waals surface area contributed by atoms with Gasteiger partial charge in [0.25, 0.3) is 0 Å². The van der Waals surface area contributed by atoms with Crippen LogP contribution in [0.4, 0.5) is 8.78 Å². The third kappa shape index (κ3) is 8.74. The number of aromatic nitrogens is 1. The number of hydrogen-bond acceptors (Lipinski definition) is 9. The molecule has 1 aromatic heterocycles. The van der Waals surface area contributed by atoms with Gasteiger partial charge in [0, 0.05) is 18.1 Å². The van der Waals surface area contributed by atoms with Gasteiger partial charge >= 0.3 is 12.6 Å². The van der Waals surface area contributed by atoms with Crippen molar-refractivity contribution in [3.63, 3.8) is 0 Å². The van der Waals surface area contributed by atoms with E-state index < -0.39 is 35.3 Å². The number of benzene rings is 2. The van der Waals surface area contributed by atoms with Crippen LogP contribution in [0.3, 0.4) is 0 Å². The highest BCUT2D eigenvalue weighted by Crippen LogP contribution is 2.38. The van der Waals surface area contributed by atoms with E-state index in [0.717, 1.165) is 25.2 Å². The number of rotatable bonds is 15. The number of hydrogen-bond donors (Lipinski definition) is 1. The fraction of sp³-hybridized carbons (Fsp3) is 0.357. The van der Waals surface area contributed by atoms with E-state index in [0.29, 0.717) is 4.73 Å². The molecule has 1 heterocycles. The molecule has 0 bridgehead atoms. The molecule has 1 aliphatic carbocycles. The lowest BCUT2D eigenvalue weighted by atomic mass is 10.0. The smallest absolute Gasteiger partial charge is 0.387 e. The Kier molecular flexibility index (Phi) is 10.9. The number of ether oxygens (including phenoxy) is 5. The summed E-state index contributed by atoms with van der Waals surface area (Å²) in [4.78, 5) is 12.8.